The maximum Gasteiger partial charge on any atom is 0.252 e. The summed E-state index contributed by atoms with van der Waals surface area (Å²) in [4.78, 5) is 23.1. The number of hydrogen-bond acceptors (Lipinski definition) is 4. The molecule has 0 spiro atoms. The zero-order valence-corrected chi connectivity index (χ0v) is 12.6. The molecule has 0 aliphatic carbocycles. The smallest absolute Gasteiger partial charge is 0.252 e. The van der Waals surface area contributed by atoms with E-state index in [1.165, 1.54) is 6.20 Å². The van der Waals surface area contributed by atoms with E-state index in [2.05, 4.69) is 32.5 Å². The molecule has 112 valence electrons. The zero-order valence-electron chi connectivity index (χ0n) is 11.8. The summed E-state index contributed by atoms with van der Waals surface area (Å²) in [6.07, 6.45) is 6.55. The van der Waals surface area contributed by atoms with Crippen LogP contribution in [0.1, 0.15) is 29.4 Å². The van der Waals surface area contributed by atoms with Gasteiger partial charge in [0.2, 0.25) is 0 Å². The maximum atomic E-state index is 12.0. The lowest BCUT2D eigenvalue weighted by Gasteiger charge is -2.08. The number of hydrogen-bond donors (Lipinski definition) is 3. The minimum absolute atomic E-state index is 0.189. The Morgan fingerprint density at radius 3 is 2.90 bits per heavy atom. The molecule has 7 heteroatoms. The molecule has 2 aromatic rings. The van der Waals surface area contributed by atoms with Crippen molar-refractivity contribution >= 4 is 23.3 Å². The Morgan fingerprint density at radius 2 is 2.24 bits per heavy atom. The summed E-state index contributed by atoms with van der Waals surface area (Å²) in [5.41, 5.74) is 1.43. The minimum Gasteiger partial charge on any atom is -0.369 e. The average molecular weight is 308 g/mol. The summed E-state index contributed by atoms with van der Waals surface area (Å²) in [5, 5.41) is 6.37. The summed E-state index contributed by atoms with van der Waals surface area (Å²) in [6.45, 7) is 3.37. The van der Waals surface area contributed by atoms with E-state index in [0.717, 1.165) is 18.7 Å². The van der Waals surface area contributed by atoms with Crippen molar-refractivity contribution in [2.75, 3.05) is 18.4 Å². The van der Waals surface area contributed by atoms with Crippen LogP contribution >= 0.6 is 11.6 Å². The maximum absolute atomic E-state index is 12.0. The lowest BCUT2D eigenvalue weighted by molar-refractivity contribution is 0.0954. The Hall–Kier alpha value is -2.08. The first-order chi connectivity index (χ1) is 10.2. The van der Waals surface area contributed by atoms with E-state index in [9.17, 15) is 4.79 Å². The van der Waals surface area contributed by atoms with Gasteiger partial charge in [0.15, 0.2) is 0 Å². The fourth-order valence-corrected chi connectivity index (χ4v) is 2.00. The number of rotatable bonds is 7. The summed E-state index contributed by atoms with van der Waals surface area (Å²) < 4.78 is 0. The normalized spacial score (nSPS) is 10.4. The third kappa shape index (κ3) is 4.46. The van der Waals surface area contributed by atoms with Gasteiger partial charge in [-0.15, -0.1) is 0 Å². The number of carbonyl (C=O) groups is 1. The van der Waals surface area contributed by atoms with Crippen LogP contribution in [0, 0.1) is 0 Å². The van der Waals surface area contributed by atoms with Gasteiger partial charge < -0.3 is 15.6 Å². The fraction of sp³-hybridized carbons (Fsp3) is 0.357. The van der Waals surface area contributed by atoms with E-state index >= 15 is 0 Å². The van der Waals surface area contributed by atoms with Crippen molar-refractivity contribution in [3.8, 4) is 0 Å². The summed E-state index contributed by atoms with van der Waals surface area (Å²) >= 11 is 6.11. The SMILES string of the molecule is CCCNc1ncc(C(=O)NCCc2cnc[nH]2)cc1Cl. The van der Waals surface area contributed by atoms with Crippen LogP contribution < -0.4 is 10.6 Å². The molecule has 0 radical (unpaired) electrons. The summed E-state index contributed by atoms with van der Waals surface area (Å²) in [6, 6.07) is 1.62. The number of imidazole rings is 1. The van der Waals surface area contributed by atoms with Crippen LogP contribution in [-0.2, 0) is 6.42 Å². The number of aromatic amines is 1. The van der Waals surface area contributed by atoms with E-state index in [1.807, 2.05) is 0 Å². The van der Waals surface area contributed by atoms with Crippen LogP contribution in [0.15, 0.2) is 24.8 Å². The highest BCUT2D eigenvalue weighted by Gasteiger charge is 2.09. The lowest BCUT2D eigenvalue weighted by atomic mass is 10.2. The number of aromatic nitrogens is 3. The molecule has 6 nitrogen and oxygen atoms in total. The summed E-state index contributed by atoms with van der Waals surface area (Å²) in [5.74, 6) is 0.415. The van der Waals surface area contributed by atoms with Gasteiger partial charge in [0, 0.05) is 37.6 Å². The average Bonchev–Trinajstić information content (AvgIpc) is 2.99. The van der Waals surface area contributed by atoms with Crippen LogP contribution in [0.2, 0.25) is 5.02 Å². The highest BCUT2D eigenvalue weighted by Crippen LogP contribution is 2.19. The van der Waals surface area contributed by atoms with Crippen molar-refractivity contribution in [1.29, 1.82) is 0 Å². The summed E-state index contributed by atoms with van der Waals surface area (Å²) in [7, 11) is 0. The van der Waals surface area contributed by atoms with Gasteiger partial charge in [0.1, 0.15) is 5.82 Å². The molecule has 1 amide bonds. The molecule has 0 fully saturated rings. The van der Waals surface area contributed by atoms with E-state index in [0.29, 0.717) is 29.4 Å². The predicted octanol–water partition coefficient (Wildman–Crippen LogP) is 2.25. The first-order valence-electron chi connectivity index (χ1n) is 6.85. The second-order valence-electron chi connectivity index (χ2n) is 4.56. The van der Waals surface area contributed by atoms with Gasteiger partial charge in [0.25, 0.3) is 5.91 Å². The van der Waals surface area contributed by atoms with Gasteiger partial charge in [-0.25, -0.2) is 9.97 Å². The molecule has 2 aromatic heterocycles. The van der Waals surface area contributed by atoms with Crippen LogP contribution in [0.5, 0.6) is 0 Å². The van der Waals surface area contributed by atoms with Crippen molar-refractivity contribution in [2.45, 2.75) is 19.8 Å². The number of H-pyrrole nitrogens is 1. The first kappa shape index (κ1) is 15.3. The standard InChI is InChI=1S/C14H18ClN5O/c1-2-4-17-13-12(15)6-10(7-19-13)14(21)18-5-3-11-8-16-9-20-11/h6-9H,2-5H2,1H3,(H,16,20)(H,17,19)(H,18,21). The Bertz CT molecular complexity index is 585. The molecule has 0 aliphatic rings. The van der Waals surface area contributed by atoms with Crippen molar-refractivity contribution in [1.82, 2.24) is 20.3 Å². The lowest BCUT2D eigenvalue weighted by Crippen LogP contribution is -2.26. The van der Waals surface area contributed by atoms with Crippen LogP contribution in [0.3, 0.4) is 0 Å². The zero-order chi connectivity index (χ0) is 15.1. The number of amides is 1. The Kier molecular flexibility index (Phi) is 5.57. The predicted molar refractivity (Wildman–Crippen MR) is 82.7 cm³/mol. The van der Waals surface area contributed by atoms with E-state index in [-0.39, 0.29) is 5.91 Å². The molecule has 0 atom stereocenters. The number of nitrogens with zero attached hydrogens (tertiary/aromatic N) is 2. The molecule has 2 heterocycles. The van der Waals surface area contributed by atoms with Gasteiger partial charge in [0.05, 0.1) is 16.9 Å². The second kappa shape index (κ2) is 7.64. The molecular weight excluding hydrogens is 290 g/mol. The third-order valence-corrected chi connectivity index (χ3v) is 3.17. The highest BCUT2D eigenvalue weighted by atomic mass is 35.5. The molecular formula is C14H18ClN5O. The van der Waals surface area contributed by atoms with Gasteiger partial charge >= 0.3 is 0 Å². The topological polar surface area (TPSA) is 82.7 Å². The molecule has 0 bridgehead atoms. The number of pyridine rings is 1. The van der Waals surface area contributed by atoms with E-state index < -0.39 is 0 Å². The number of halogens is 1. The molecule has 0 aromatic carbocycles. The van der Waals surface area contributed by atoms with Crippen LogP contribution in [0.4, 0.5) is 5.82 Å². The number of anilines is 1. The Balaban J connectivity index is 1.88. The molecule has 3 N–H and O–H groups in total. The van der Waals surface area contributed by atoms with Gasteiger partial charge in [-0.05, 0) is 12.5 Å². The van der Waals surface area contributed by atoms with E-state index in [4.69, 9.17) is 11.6 Å². The number of nitrogens with one attached hydrogen (secondary N) is 3. The fourth-order valence-electron chi connectivity index (χ4n) is 1.77. The van der Waals surface area contributed by atoms with Gasteiger partial charge in [-0.2, -0.15) is 0 Å². The first-order valence-corrected chi connectivity index (χ1v) is 7.23. The second-order valence-corrected chi connectivity index (χ2v) is 4.97. The van der Waals surface area contributed by atoms with Crippen LogP contribution in [-0.4, -0.2) is 33.9 Å². The van der Waals surface area contributed by atoms with Crippen LogP contribution in [0.25, 0.3) is 0 Å². The van der Waals surface area contributed by atoms with Crippen molar-refractivity contribution < 1.29 is 4.79 Å². The van der Waals surface area contributed by atoms with Gasteiger partial charge in [-0.3, -0.25) is 4.79 Å². The molecule has 0 unspecified atom stereocenters. The quantitative estimate of drug-likeness (QED) is 0.732. The van der Waals surface area contributed by atoms with Crippen molar-refractivity contribution in [3.05, 3.63) is 41.1 Å². The third-order valence-electron chi connectivity index (χ3n) is 2.88. The molecule has 21 heavy (non-hydrogen) atoms. The highest BCUT2D eigenvalue weighted by molar-refractivity contribution is 6.33. The largest absolute Gasteiger partial charge is 0.369 e. The Labute approximate surface area is 128 Å². The monoisotopic (exact) mass is 307 g/mol. The van der Waals surface area contributed by atoms with Crippen molar-refractivity contribution in [2.24, 2.45) is 0 Å². The molecule has 2 rings (SSSR count). The number of carbonyl (C=O) groups excluding carboxylic acids is 1. The Morgan fingerprint density at radius 1 is 1.38 bits per heavy atom. The molecule has 0 saturated heterocycles. The van der Waals surface area contributed by atoms with Crippen molar-refractivity contribution in [3.63, 3.8) is 0 Å². The molecule has 0 aliphatic heterocycles. The van der Waals surface area contributed by atoms with E-state index in [1.54, 1.807) is 18.6 Å². The molecule has 0 saturated carbocycles. The minimum atomic E-state index is -0.189. The van der Waals surface area contributed by atoms with Gasteiger partial charge in [-0.1, -0.05) is 18.5 Å².